The number of hydrogen-bond acceptors (Lipinski definition) is 4. The van der Waals surface area contributed by atoms with E-state index in [1.54, 1.807) is 0 Å². The standard InChI is InChI=1S/C11H17N3O/c1-2-9(12-5-1)7-11-13-10(14-15-11)6-8-3-4-8/h8-9,12H,1-7H2. The van der Waals surface area contributed by atoms with Crippen molar-refractivity contribution >= 4 is 0 Å². The Bertz CT molecular complexity index is 326. The molecular formula is C11H17N3O. The molecule has 1 saturated carbocycles. The van der Waals surface area contributed by atoms with Gasteiger partial charge in [0.1, 0.15) is 0 Å². The normalized spacial score (nSPS) is 26.0. The van der Waals surface area contributed by atoms with E-state index in [1.165, 1.54) is 25.7 Å². The zero-order valence-corrected chi connectivity index (χ0v) is 8.91. The molecule has 1 N–H and O–H groups in total. The molecule has 1 saturated heterocycles. The Hall–Kier alpha value is -0.900. The Morgan fingerprint density at radius 1 is 1.27 bits per heavy atom. The average Bonchev–Trinajstić information content (AvgIpc) is 2.74. The zero-order chi connectivity index (χ0) is 10.1. The molecule has 2 heterocycles. The highest BCUT2D eigenvalue weighted by molar-refractivity contribution is 4.94. The van der Waals surface area contributed by atoms with Crippen molar-refractivity contribution in [3.8, 4) is 0 Å². The van der Waals surface area contributed by atoms with E-state index >= 15 is 0 Å². The highest BCUT2D eigenvalue weighted by Crippen LogP contribution is 2.31. The van der Waals surface area contributed by atoms with Gasteiger partial charge in [-0.3, -0.25) is 0 Å². The number of rotatable bonds is 4. The molecule has 1 aliphatic carbocycles. The van der Waals surface area contributed by atoms with Gasteiger partial charge in [0.05, 0.1) is 0 Å². The SMILES string of the molecule is C1CNC(Cc2nc(CC3CC3)no2)C1. The van der Waals surface area contributed by atoms with Crippen molar-refractivity contribution in [2.45, 2.75) is 44.6 Å². The van der Waals surface area contributed by atoms with Crippen LogP contribution in [0.4, 0.5) is 0 Å². The molecule has 1 aromatic rings. The Morgan fingerprint density at radius 2 is 2.20 bits per heavy atom. The fourth-order valence-electron chi connectivity index (χ4n) is 2.18. The monoisotopic (exact) mass is 207 g/mol. The molecule has 1 unspecified atom stereocenters. The van der Waals surface area contributed by atoms with Crippen molar-refractivity contribution in [2.75, 3.05) is 6.54 Å². The molecule has 0 spiro atoms. The lowest BCUT2D eigenvalue weighted by Gasteiger charge is -2.04. The molecule has 15 heavy (non-hydrogen) atoms. The summed E-state index contributed by atoms with van der Waals surface area (Å²) in [4.78, 5) is 4.44. The first-order valence-corrected chi connectivity index (χ1v) is 5.95. The van der Waals surface area contributed by atoms with Crippen molar-refractivity contribution in [1.82, 2.24) is 15.5 Å². The molecular weight excluding hydrogens is 190 g/mol. The second-order valence-corrected chi connectivity index (χ2v) is 4.75. The largest absolute Gasteiger partial charge is 0.339 e. The third-order valence-corrected chi connectivity index (χ3v) is 3.26. The van der Waals surface area contributed by atoms with E-state index in [2.05, 4.69) is 15.5 Å². The Balaban J connectivity index is 1.57. The number of hydrogen-bond donors (Lipinski definition) is 1. The Labute approximate surface area is 89.4 Å². The van der Waals surface area contributed by atoms with E-state index in [0.29, 0.717) is 6.04 Å². The molecule has 0 radical (unpaired) electrons. The van der Waals surface area contributed by atoms with Crippen LogP contribution >= 0.6 is 0 Å². The van der Waals surface area contributed by atoms with Gasteiger partial charge in [-0.05, 0) is 38.1 Å². The van der Waals surface area contributed by atoms with E-state index in [4.69, 9.17) is 4.52 Å². The first-order chi connectivity index (χ1) is 7.40. The van der Waals surface area contributed by atoms with Gasteiger partial charge in [-0.15, -0.1) is 0 Å². The second kappa shape index (κ2) is 3.93. The topological polar surface area (TPSA) is 51.0 Å². The van der Waals surface area contributed by atoms with Crippen LogP contribution < -0.4 is 5.32 Å². The smallest absolute Gasteiger partial charge is 0.228 e. The summed E-state index contributed by atoms with van der Waals surface area (Å²) in [6, 6.07) is 0.555. The summed E-state index contributed by atoms with van der Waals surface area (Å²) in [6.07, 6.45) is 7.11. The summed E-state index contributed by atoms with van der Waals surface area (Å²) in [7, 11) is 0. The molecule has 3 rings (SSSR count). The predicted octanol–water partition coefficient (Wildman–Crippen LogP) is 1.32. The molecule has 0 aromatic carbocycles. The minimum absolute atomic E-state index is 0.555. The molecule has 4 nitrogen and oxygen atoms in total. The Morgan fingerprint density at radius 3 is 2.93 bits per heavy atom. The highest BCUT2D eigenvalue weighted by Gasteiger charge is 2.24. The third-order valence-electron chi connectivity index (χ3n) is 3.26. The van der Waals surface area contributed by atoms with Crippen molar-refractivity contribution in [1.29, 1.82) is 0 Å². The van der Waals surface area contributed by atoms with Crippen LogP contribution in [0.1, 0.15) is 37.4 Å². The van der Waals surface area contributed by atoms with Crippen LogP contribution in [0.2, 0.25) is 0 Å². The summed E-state index contributed by atoms with van der Waals surface area (Å²) in [5, 5.41) is 7.46. The van der Waals surface area contributed by atoms with Gasteiger partial charge in [0, 0.05) is 18.9 Å². The van der Waals surface area contributed by atoms with Gasteiger partial charge in [0.15, 0.2) is 5.82 Å². The summed E-state index contributed by atoms with van der Waals surface area (Å²) in [5.41, 5.74) is 0. The summed E-state index contributed by atoms with van der Waals surface area (Å²) in [6.45, 7) is 1.13. The fraction of sp³-hybridized carbons (Fsp3) is 0.818. The molecule has 1 atom stereocenters. The molecule has 1 aromatic heterocycles. The van der Waals surface area contributed by atoms with Crippen molar-refractivity contribution < 1.29 is 4.52 Å². The van der Waals surface area contributed by atoms with Gasteiger partial charge >= 0.3 is 0 Å². The first kappa shape index (κ1) is 9.33. The van der Waals surface area contributed by atoms with Gasteiger partial charge < -0.3 is 9.84 Å². The van der Waals surface area contributed by atoms with Crippen molar-refractivity contribution in [3.63, 3.8) is 0 Å². The highest BCUT2D eigenvalue weighted by atomic mass is 16.5. The van der Waals surface area contributed by atoms with Crippen LogP contribution in [0.5, 0.6) is 0 Å². The predicted molar refractivity (Wildman–Crippen MR) is 55.5 cm³/mol. The second-order valence-electron chi connectivity index (χ2n) is 4.75. The molecule has 2 aliphatic rings. The van der Waals surface area contributed by atoms with Crippen LogP contribution in [-0.4, -0.2) is 22.7 Å². The van der Waals surface area contributed by atoms with Crippen LogP contribution in [0.25, 0.3) is 0 Å². The fourth-order valence-corrected chi connectivity index (χ4v) is 2.18. The van der Waals surface area contributed by atoms with Crippen LogP contribution in [0.3, 0.4) is 0 Å². The minimum Gasteiger partial charge on any atom is -0.339 e. The molecule has 82 valence electrons. The van der Waals surface area contributed by atoms with Crippen molar-refractivity contribution in [2.24, 2.45) is 5.92 Å². The van der Waals surface area contributed by atoms with E-state index in [-0.39, 0.29) is 0 Å². The average molecular weight is 207 g/mol. The van der Waals surface area contributed by atoms with E-state index in [0.717, 1.165) is 37.0 Å². The van der Waals surface area contributed by atoms with Gasteiger partial charge in [-0.2, -0.15) is 4.98 Å². The van der Waals surface area contributed by atoms with Gasteiger partial charge in [0.2, 0.25) is 5.89 Å². The number of nitrogens with one attached hydrogen (secondary N) is 1. The van der Waals surface area contributed by atoms with Crippen LogP contribution in [-0.2, 0) is 12.8 Å². The van der Waals surface area contributed by atoms with E-state index in [1.807, 2.05) is 0 Å². The lowest BCUT2D eigenvalue weighted by molar-refractivity contribution is 0.359. The lowest BCUT2D eigenvalue weighted by Crippen LogP contribution is -2.23. The number of nitrogens with zero attached hydrogens (tertiary/aromatic N) is 2. The van der Waals surface area contributed by atoms with Gasteiger partial charge in [0.25, 0.3) is 0 Å². The maximum absolute atomic E-state index is 5.25. The lowest BCUT2D eigenvalue weighted by atomic mass is 10.1. The van der Waals surface area contributed by atoms with Crippen LogP contribution in [0.15, 0.2) is 4.52 Å². The minimum atomic E-state index is 0.555. The number of aromatic nitrogens is 2. The first-order valence-electron chi connectivity index (χ1n) is 5.95. The van der Waals surface area contributed by atoms with Crippen molar-refractivity contribution in [3.05, 3.63) is 11.7 Å². The Kier molecular flexibility index (Phi) is 2.44. The zero-order valence-electron chi connectivity index (χ0n) is 8.91. The summed E-state index contributed by atoms with van der Waals surface area (Å²) in [5.74, 6) is 2.55. The van der Waals surface area contributed by atoms with E-state index in [9.17, 15) is 0 Å². The van der Waals surface area contributed by atoms with E-state index < -0.39 is 0 Å². The maximum Gasteiger partial charge on any atom is 0.228 e. The molecule has 0 amide bonds. The van der Waals surface area contributed by atoms with Gasteiger partial charge in [-0.1, -0.05) is 5.16 Å². The third kappa shape index (κ3) is 2.37. The summed E-state index contributed by atoms with van der Waals surface area (Å²) >= 11 is 0. The van der Waals surface area contributed by atoms with Crippen LogP contribution in [0, 0.1) is 5.92 Å². The quantitative estimate of drug-likeness (QED) is 0.809. The molecule has 0 bridgehead atoms. The molecule has 2 fully saturated rings. The molecule has 1 aliphatic heterocycles. The maximum atomic E-state index is 5.25. The summed E-state index contributed by atoms with van der Waals surface area (Å²) < 4.78 is 5.25. The molecule has 4 heteroatoms. The van der Waals surface area contributed by atoms with Gasteiger partial charge in [-0.25, -0.2) is 0 Å².